The Kier molecular flexibility index (Phi) is 6.60. The summed E-state index contributed by atoms with van der Waals surface area (Å²) in [6.07, 6.45) is 3.55. The molecule has 0 unspecified atom stereocenters. The van der Waals surface area contributed by atoms with Gasteiger partial charge < -0.3 is 10.1 Å². The fraction of sp³-hybridized carbons (Fsp3) is 0.286. The highest BCUT2D eigenvalue weighted by molar-refractivity contribution is 5.94. The Hall–Kier alpha value is -4.48. The highest BCUT2D eigenvalue weighted by Crippen LogP contribution is 2.35. The van der Waals surface area contributed by atoms with Gasteiger partial charge in [0.1, 0.15) is 17.6 Å². The molecule has 0 bridgehead atoms. The first-order valence-corrected chi connectivity index (χ1v) is 12.8. The van der Waals surface area contributed by atoms with Crippen LogP contribution in [0.3, 0.4) is 0 Å². The van der Waals surface area contributed by atoms with E-state index in [-0.39, 0.29) is 6.04 Å². The van der Waals surface area contributed by atoms with Crippen LogP contribution in [0.2, 0.25) is 0 Å². The highest BCUT2D eigenvalue weighted by Gasteiger charge is 2.36. The van der Waals surface area contributed by atoms with Gasteiger partial charge in [0, 0.05) is 48.7 Å². The predicted octanol–water partition coefficient (Wildman–Crippen LogP) is 6.18. The van der Waals surface area contributed by atoms with E-state index in [4.69, 9.17) is 9.84 Å². The van der Waals surface area contributed by atoms with Crippen molar-refractivity contribution < 1.29 is 22.3 Å². The van der Waals surface area contributed by atoms with Gasteiger partial charge in [0.15, 0.2) is 5.82 Å². The Balaban J connectivity index is 1.19. The minimum absolute atomic E-state index is 0.0648. The van der Waals surface area contributed by atoms with Gasteiger partial charge in [-0.3, -0.25) is 4.68 Å². The van der Waals surface area contributed by atoms with Crippen LogP contribution in [-0.4, -0.2) is 41.7 Å². The fourth-order valence-electron chi connectivity index (χ4n) is 5.03. The number of benzene rings is 1. The maximum absolute atomic E-state index is 14.3. The first-order chi connectivity index (χ1) is 19.3. The van der Waals surface area contributed by atoms with E-state index < -0.39 is 29.5 Å². The summed E-state index contributed by atoms with van der Waals surface area (Å²) in [4.78, 5) is 8.33. The minimum Gasteiger partial charge on any atom is -0.472 e. The molecule has 4 heterocycles. The van der Waals surface area contributed by atoms with Crippen LogP contribution < -0.4 is 10.1 Å². The molecule has 5 aromatic rings. The number of hydrogen-bond donors (Lipinski definition) is 1. The highest BCUT2D eigenvalue weighted by atomic mass is 19.4. The number of aromatic nitrogens is 6. The summed E-state index contributed by atoms with van der Waals surface area (Å²) in [7, 11) is 1.85. The van der Waals surface area contributed by atoms with Gasteiger partial charge in [-0.05, 0) is 43.9 Å². The predicted molar refractivity (Wildman–Crippen MR) is 141 cm³/mol. The Morgan fingerprint density at radius 2 is 1.77 bits per heavy atom. The van der Waals surface area contributed by atoms with Crippen molar-refractivity contribution in [3.63, 3.8) is 0 Å². The average molecular weight is 552 g/mol. The molecule has 0 radical (unpaired) electrons. The summed E-state index contributed by atoms with van der Waals surface area (Å²) in [6.45, 7) is 0. The van der Waals surface area contributed by atoms with Gasteiger partial charge in [0.2, 0.25) is 0 Å². The van der Waals surface area contributed by atoms with E-state index in [0.717, 1.165) is 34.0 Å². The summed E-state index contributed by atoms with van der Waals surface area (Å²) >= 11 is 0. The molecule has 1 N–H and O–H groups in total. The number of alkyl halides is 3. The molecule has 12 heteroatoms. The Labute approximate surface area is 226 Å². The summed E-state index contributed by atoms with van der Waals surface area (Å²) in [6, 6.07) is 12.4. The molecule has 4 aromatic heterocycles. The smallest absolute Gasteiger partial charge is 0.419 e. The van der Waals surface area contributed by atoms with Crippen LogP contribution in [0.4, 0.5) is 23.4 Å². The molecule has 0 aliphatic heterocycles. The molecule has 6 rings (SSSR count). The van der Waals surface area contributed by atoms with Crippen molar-refractivity contribution in [2.45, 2.75) is 44.0 Å². The van der Waals surface area contributed by atoms with E-state index in [2.05, 4.69) is 20.4 Å². The van der Waals surface area contributed by atoms with Gasteiger partial charge in [-0.1, -0.05) is 18.2 Å². The molecule has 1 aliphatic rings. The molecule has 1 aliphatic carbocycles. The number of aryl methyl sites for hydroxylation is 1. The van der Waals surface area contributed by atoms with E-state index in [9.17, 15) is 17.6 Å². The zero-order chi connectivity index (χ0) is 27.9. The van der Waals surface area contributed by atoms with Crippen molar-refractivity contribution in [3.05, 3.63) is 78.6 Å². The number of nitrogens with one attached hydrogen (secondary N) is 1. The number of nitrogens with zero attached hydrogens (tertiary/aromatic N) is 6. The summed E-state index contributed by atoms with van der Waals surface area (Å²) < 4.78 is 62.6. The summed E-state index contributed by atoms with van der Waals surface area (Å²) in [5.74, 6) is -1.41. The van der Waals surface area contributed by atoms with Gasteiger partial charge in [0.25, 0.3) is 5.88 Å². The second-order valence-electron chi connectivity index (χ2n) is 9.80. The lowest BCUT2D eigenvalue weighted by atomic mass is 9.93. The van der Waals surface area contributed by atoms with Gasteiger partial charge in [-0.25, -0.2) is 19.0 Å². The van der Waals surface area contributed by atoms with E-state index in [0.29, 0.717) is 37.6 Å². The minimum atomic E-state index is -4.81. The lowest BCUT2D eigenvalue weighted by Gasteiger charge is -2.29. The van der Waals surface area contributed by atoms with Crippen molar-refractivity contribution in [2.75, 3.05) is 5.32 Å². The van der Waals surface area contributed by atoms with Gasteiger partial charge in [0.05, 0.1) is 23.0 Å². The second kappa shape index (κ2) is 10.2. The standard InChI is InChI=1S/C28H25F4N7O/c1-38-16-17(14-35-38)26-21-15-34-24(13-23(21)39(37-26)19-5-3-2-4-6-19)36-18-7-9-20(10-8-18)40-27-25(29)22(11-12-33-27)28(30,31)32/h2-6,11-16,18,20H,7-10H2,1H3,(H,34,36). The average Bonchev–Trinajstić information content (AvgIpc) is 3.54. The molecule has 40 heavy (non-hydrogen) atoms. The van der Waals surface area contributed by atoms with E-state index in [1.807, 2.05) is 54.3 Å². The number of anilines is 1. The van der Waals surface area contributed by atoms with Gasteiger partial charge in [-0.2, -0.15) is 23.4 Å². The number of hydrogen-bond acceptors (Lipinski definition) is 6. The molecule has 1 fully saturated rings. The van der Waals surface area contributed by atoms with Crippen LogP contribution in [-0.2, 0) is 13.2 Å². The van der Waals surface area contributed by atoms with E-state index in [1.54, 1.807) is 17.1 Å². The maximum Gasteiger partial charge on any atom is 0.419 e. The number of para-hydroxylation sites is 1. The molecule has 0 spiro atoms. The van der Waals surface area contributed by atoms with Crippen LogP contribution in [0.1, 0.15) is 31.2 Å². The van der Waals surface area contributed by atoms with Crippen molar-refractivity contribution in [1.29, 1.82) is 0 Å². The molecular formula is C28H25F4N7O. The number of rotatable bonds is 6. The molecular weight excluding hydrogens is 526 g/mol. The van der Waals surface area contributed by atoms with Gasteiger partial charge >= 0.3 is 6.18 Å². The van der Waals surface area contributed by atoms with Crippen molar-refractivity contribution >= 4 is 16.7 Å². The lowest BCUT2D eigenvalue weighted by molar-refractivity contribution is -0.140. The Bertz CT molecular complexity index is 1640. The zero-order valence-corrected chi connectivity index (χ0v) is 21.4. The Morgan fingerprint density at radius 3 is 2.48 bits per heavy atom. The molecule has 206 valence electrons. The summed E-state index contributed by atoms with van der Waals surface area (Å²) in [5, 5.41) is 13.5. The summed E-state index contributed by atoms with van der Waals surface area (Å²) in [5.41, 5.74) is 2.07. The first kappa shape index (κ1) is 25.8. The van der Waals surface area contributed by atoms with Crippen molar-refractivity contribution in [2.24, 2.45) is 7.05 Å². The number of ether oxygens (including phenoxy) is 1. The topological polar surface area (TPSA) is 82.7 Å². The van der Waals surface area contributed by atoms with Crippen LogP contribution >= 0.6 is 0 Å². The number of fused-ring (bicyclic) bond motifs is 1. The molecule has 1 saturated carbocycles. The molecule has 1 aromatic carbocycles. The molecule has 0 saturated heterocycles. The van der Waals surface area contributed by atoms with Crippen LogP contribution in [0, 0.1) is 5.82 Å². The third kappa shape index (κ3) is 5.08. The zero-order valence-electron chi connectivity index (χ0n) is 21.4. The van der Waals surface area contributed by atoms with Crippen LogP contribution in [0.15, 0.2) is 67.3 Å². The molecule has 0 amide bonds. The van der Waals surface area contributed by atoms with Crippen LogP contribution in [0.25, 0.3) is 27.8 Å². The monoisotopic (exact) mass is 551 g/mol. The second-order valence-corrected chi connectivity index (χ2v) is 9.80. The third-order valence-corrected chi connectivity index (χ3v) is 7.01. The quantitative estimate of drug-likeness (QED) is 0.254. The van der Waals surface area contributed by atoms with E-state index in [1.165, 1.54) is 0 Å². The molecule has 8 nitrogen and oxygen atoms in total. The van der Waals surface area contributed by atoms with Crippen molar-refractivity contribution in [1.82, 2.24) is 29.5 Å². The third-order valence-electron chi connectivity index (χ3n) is 7.01. The SMILES string of the molecule is Cn1cc(-c2nn(-c3ccccc3)c3cc(NC4CCC(Oc5nccc(C(F)(F)F)c5F)CC4)ncc23)cn1. The fourth-order valence-corrected chi connectivity index (χ4v) is 5.03. The normalized spacial score (nSPS) is 17.7. The van der Waals surface area contributed by atoms with Crippen molar-refractivity contribution in [3.8, 4) is 22.8 Å². The lowest BCUT2D eigenvalue weighted by Crippen LogP contribution is -2.32. The van der Waals surface area contributed by atoms with Crippen LogP contribution in [0.5, 0.6) is 5.88 Å². The number of halogens is 4. The molecule has 0 atom stereocenters. The van der Waals surface area contributed by atoms with Gasteiger partial charge in [-0.15, -0.1) is 0 Å². The largest absolute Gasteiger partial charge is 0.472 e. The van der Waals surface area contributed by atoms with E-state index >= 15 is 0 Å². The first-order valence-electron chi connectivity index (χ1n) is 12.8. The maximum atomic E-state index is 14.3. The Morgan fingerprint density at radius 1 is 1.00 bits per heavy atom. The number of pyridine rings is 2.